The van der Waals surface area contributed by atoms with Crippen molar-refractivity contribution in [1.29, 1.82) is 0 Å². The third kappa shape index (κ3) is 2.40. The molecule has 0 fully saturated rings. The van der Waals surface area contributed by atoms with Crippen LogP contribution in [0.4, 0.5) is 0 Å². The molecule has 0 N–H and O–H groups in total. The molecule has 0 heterocycles. The standard InChI is InChI=1S/C21H19P/c1-17(22)21(18-11-5-2-6-12-18,19-13-7-3-8-14-19)20-15-9-4-10-16-20/h2-16,22H,1H3/p+1. The maximum atomic E-state index is 2.94. The summed E-state index contributed by atoms with van der Waals surface area (Å²) in [6.07, 6.45) is 0. The summed E-state index contributed by atoms with van der Waals surface area (Å²) in [5, 5.41) is 1.29. The maximum Gasteiger partial charge on any atom is 0.109 e. The molecule has 0 saturated carbocycles. The first-order chi connectivity index (χ1) is 10.8. The lowest BCUT2D eigenvalue weighted by atomic mass is 9.67. The van der Waals surface area contributed by atoms with E-state index in [2.05, 4.69) is 107 Å². The van der Waals surface area contributed by atoms with Crippen molar-refractivity contribution in [2.75, 3.05) is 0 Å². The van der Waals surface area contributed by atoms with Crippen LogP contribution in [0.1, 0.15) is 23.6 Å². The molecule has 0 bridgehead atoms. The van der Waals surface area contributed by atoms with Crippen LogP contribution in [-0.2, 0) is 5.41 Å². The van der Waals surface area contributed by atoms with Crippen molar-refractivity contribution in [3.05, 3.63) is 108 Å². The summed E-state index contributed by atoms with van der Waals surface area (Å²) in [7, 11) is 2.94. The minimum atomic E-state index is -0.242. The molecule has 0 radical (unpaired) electrons. The molecule has 108 valence electrons. The predicted molar refractivity (Wildman–Crippen MR) is 99.6 cm³/mol. The Hall–Kier alpha value is -2.17. The third-order valence-electron chi connectivity index (χ3n) is 4.21. The van der Waals surface area contributed by atoms with E-state index in [1.165, 1.54) is 22.0 Å². The van der Waals surface area contributed by atoms with Gasteiger partial charge in [-0.1, -0.05) is 91.0 Å². The van der Waals surface area contributed by atoms with Crippen LogP contribution in [0.15, 0.2) is 91.0 Å². The number of rotatable bonds is 4. The molecule has 3 aromatic carbocycles. The van der Waals surface area contributed by atoms with Crippen LogP contribution in [0.25, 0.3) is 0 Å². The molecule has 1 unspecified atom stereocenters. The van der Waals surface area contributed by atoms with Gasteiger partial charge in [0.25, 0.3) is 0 Å². The van der Waals surface area contributed by atoms with Crippen LogP contribution in [-0.4, -0.2) is 5.29 Å². The Bertz CT molecular complexity index is 649. The molecule has 0 aliphatic heterocycles. The Morgan fingerprint density at radius 1 is 0.591 bits per heavy atom. The van der Waals surface area contributed by atoms with E-state index in [9.17, 15) is 0 Å². The van der Waals surface area contributed by atoms with Crippen LogP contribution in [0.5, 0.6) is 0 Å². The van der Waals surface area contributed by atoms with Gasteiger partial charge in [-0.15, -0.1) is 0 Å². The normalized spacial score (nSPS) is 11.1. The molecule has 1 atom stereocenters. The molecule has 3 aromatic rings. The average molecular weight is 303 g/mol. The van der Waals surface area contributed by atoms with Gasteiger partial charge >= 0.3 is 0 Å². The van der Waals surface area contributed by atoms with Gasteiger partial charge in [-0.2, -0.15) is 0 Å². The molecule has 0 saturated heterocycles. The van der Waals surface area contributed by atoms with Crippen LogP contribution < -0.4 is 0 Å². The highest BCUT2D eigenvalue weighted by Gasteiger charge is 2.40. The van der Waals surface area contributed by atoms with Gasteiger partial charge in [0.05, 0.1) is 8.86 Å². The van der Waals surface area contributed by atoms with Crippen molar-refractivity contribution >= 4 is 14.2 Å². The van der Waals surface area contributed by atoms with Gasteiger partial charge in [-0.3, -0.25) is 0 Å². The van der Waals surface area contributed by atoms with E-state index in [4.69, 9.17) is 0 Å². The highest BCUT2D eigenvalue weighted by atomic mass is 31.0. The minimum absolute atomic E-state index is 0.242. The Morgan fingerprint density at radius 3 is 1.09 bits per heavy atom. The first kappa shape index (κ1) is 14.8. The van der Waals surface area contributed by atoms with Gasteiger partial charge < -0.3 is 0 Å². The predicted octanol–water partition coefficient (Wildman–Crippen LogP) is 5.09. The zero-order valence-corrected chi connectivity index (χ0v) is 13.9. The van der Waals surface area contributed by atoms with Gasteiger partial charge in [0.1, 0.15) is 10.7 Å². The summed E-state index contributed by atoms with van der Waals surface area (Å²) >= 11 is 0. The topological polar surface area (TPSA) is 0 Å². The summed E-state index contributed by atoms with van der Waals surface area (Å²) < 4.78 is 0. The van der Waals surface area contributed by atoms with Gasteiger partial charge in [-0.05, 0) is 23.6 Å². The van der Waals surface area contributed by atoms with Crippen molar-refractivity contribution in [2.24, 2.45) is 0 Å². The van der Waals surface area contributed by atoms with Crippen molar-refractivity contribution in [1.82, 2.24) is 0 Å². The summed E-state index contributed by atoms with van der Waals surface area (Å²) in [6.45, 7) is 2.19. The molecular formula is C21H20P+. The Balaban J connectivity index is 2.37. The largest absolute Gasteiger partial charge is 0.109 e. The molecular weight excluding hydrogens is 283 g/mol. The molecule has 0 aromatic heterocycles. The third-order valence-corrected chi connectivity index (χ3v) is 4.64. The zero-order chi connectivity index (χ0) is 15.4. The van der Waals surface area contributed by atoms with E-state index < -0.39 is 0 Å². The molecule has 0 amide bonds. The quantitative estimate of drug-likeness (QED) is 0.465. The van der Waals surface area contributed by atoms with Gasteiger partial charge in [0.2, 0.25) is 0 Å². The van der Waals surface area contributed by atoms with Crippen LogP contribution >= 0.6 is 8.86 Å². The number of hydrogen-bond donors (Lipinski definition) is 0. The Kier molecular flexibility index (Phi) is 4.22. The van der Waals surface area contributed by atoms with E-state index in [-0.39, 0.29) is 5.41 Å². The molecule has 3 rings (SSSR count). The van der Waals surface area contributed by atoms with Gasteiger partial charge in [0.15, 0.2) is 0 Å². The highest BCUT2D eigenvalue weighted by molar-refractivity contribution is 7.21. The summed E-state index contributed by atoms with van der Waals surface area (Å²) in [6, 6.07) is 32.2. The lowest BCUT2D eigenvalue weighted by molar-refractivity contribution is 0.836. The van der Waals surface area contributed by atoms with E-state index in [0.29, 0.717) is 0 Å². The average Bonchev–Trinajstić information content (AvgIpc) is 2.58. The fraction of sp³-hybridized carbons (Fsp3) is 0.0952. The summed E-state index contributed by atoms with van der Waals surface area (Å²) in [4.78, 5) is 0. The van der Waals surface area contributed by atoms with Crippen LogP contribution in [0.2, 0.25) is 0 Å². The van der Waals surface area contributed by atoms with Gasteiger partial charge in [-0.25, -0.2) is 0 Å². The van der Waals surface area contributed by atoms with Gasteiger partial charge in [0, 0.05) is 0 Å². The van der Waals surface area contributed by atoms with Crippen LogP contribution in [0, 0.1) is 0 Å². The smallest absolute Gasteiger partial charge is 0.0622 e. The van der Waals surface area contributed by atoms with Crippen molar-refractivity contribution in [3.63, 3.8) is 0 Å². The van der Waals surface area contributed by atoms with E-state index in [1.54, 1.807) is 0 Å². The monoisotopic (exact) mass is 303 g/mol. The van der Waals surface area contributed by atoms with E-state index >= 15 is 0 Å². The maximum absolute atomic E-state index is 2.94. The van der Waals surface area contributed by atoms with Crippen molar-refractivity contribution in [3.8, 4) is 0 Å². The fourth-order valence-corrected chi connectivity index (χ4v) is 3.75. The molecule has 22 heavy (non-hydrogen) atoms. The Morgan fingerprint density at radius 2 is 0.864 bits per heavy atom. The van der Waals surface area contributed by atoms with Crippen LogP contribution in [0.3, 0.4) is 0 Å². The molecule has 1 heteroatoms. The SMILES string of the molecule is CC(=[PH2+])C(c1ccccc1)(c1ccccc1)c1ccccc1. The molecule has 0 aliphatic rings. The first-order valence-corrected chi connectivity index (χ1v) is 8.10. The Labute approximate surface area is 134 Å². The summed E-state index contributed by atoms with van der Waals surface area (Å²) in [5.41, 5.74) is 3.63. The fourth-order valence-electron chi connectivity index (χ4n) is 3.25. The van der Waals surface area contributed by atoms with E-state index in [1.807, 2.05) is 0 Å². The lowest BCUT2D eigenvalue weighted by Gasteiger charge is -2.33. The second kappa shape index (κ2) is 6.30. The minimum Gasteiger partial charge on any atom is -0.0622 e. The number of hydrogen-bond acceptors (Lipinski definition) is 0. The molecule has 0 aliphatic carbocycles. The first-order valence-electron chi connectivity index (χ1n) is 7.52. The second-order valence-electron chi connectivity index (χ2n) is 5.53. The number of benzene rings is 3. The second-order valence-corrected chi connectivity index (χ2v) is 6.40. The summed E-state index contributed by atoms with van der Waals surface area (Å²) in [5.74, 6) is 0. The van der Waals surface area contributed by atoms with Crippen molar-refractivity contribution < 1.29 is 0 Å². The molecule has 0 nitrogen and oxygen atoms in total. The lowest BCUT2D eigenvalue weighted by Crippen LogP contribution is -2.35. The highest BCUT2D eigenvalue weighted by Crippen LogP contribution is 2.40. The van der Waals surface area contributed by atoms with Crippen molar-refractivity contribution in [2.45, 2.75) is 12.3 Å². The molecule has 0 spiro atoms. The van der Waals surface area contributed by atoms with E-state index in [0.717, 1.165) is 0 Å². The zero-order valence-electron chi connectivity index (χ0n) is 12.7.